The fraction of sp³-hybridized carbons (Fsp3) is 0.889. The van der Waals surface area contributed by atoms with Gasteiger partial charge in [-0.15, -0.1) is 0 Å². The van der Waals surface area contributed by atoms with Crippen LogP contribution in [-0.2, 0) is 4.79 Å². The molecule has 1 unspecified atom stereocenters. The Labute approximate surface area is 74.4 Å². The molecule has 12 heavy (non-hydrogen) atoms. The van der Waals surface area contributed by atoms with Gasteiger partial charge in [0, 0.05) is 0 Å². The van der Waals surface area contributed by atoms with Crippen LogP contribution in [0.2, 0.25) is 0 Å². The average Bonchev–Trinajstić information content (AvgIpc) is 1.79. The number of nitrogens with zero attached hydrogens (tertiary/aromatic N) is 1. The van der Waals surface area contributed by atoms with Crippen molar-refractivity contribution in [2.45, 2.75) is 33.2 Å². The average molecular weight is 173 g/mol. The van der Waals surface area contributed by atoms with Gasteiger partial charge in [0.2, 0.25) is 0 Å². The van der Waals surface area contributed by atoms with Crippen LogP contribution in [0.1, 0.15) is 27.2 Å². The lowest BCUT2D eigenvalue weighted by Gasteiger charge is -2.27. The van der Waals surface area contributed by atoms with Crippen molar-refractivity contribution < 1.29 is 9.90 Å². The summed E-state index contributed by atoms with van der Waals surface area (Å²) in [5.41, 5.74) is 0.0628. The first-order chi connectivity index (χ1) is 5.24. The quantitative estimate of drug-likeness (QED) is 0.702. The number of carboxylic acids is 1. The summed E-state index contributed by atoms with van der Waals surface area (Å²) in [6.45, 7) is 6.14. The van der Waals surface area contributed by atoms with Crippen molar-refractivity contribution in [2.24, 2.45) is 5.41 Å². The van der Waals surface area contributed by atoms with Gasteiger partial charge >= 0.3 is 5.97 Å². The molecule has 0 rings (SSSR count). The van der Waals surface area contributed by atoms with Gasteiger partial charge in [-0.2, -0.15) is 0 Å². The Balaban J connectivity index is 4.25. The molecule has 0 spiro atoms. The number of carbonyl (C=O) groups is 1. The molecule has 1 atom stereocenters. The Morgan fingerprint density at radius 3 is 1.92 bits per heavy atom. The Morgan fingerprint density at radius 2 is 1.83 bits per heavy atom. The summed E-state index contributed by atoms with van der Waals surface area (Å²) in [6, 6.07) is -0.370. The molecule has 0 aliphatic carbocycles. The number of hydrogen-bond acceptors (Lipinski definition) is 2. The highest BCUT2D eigenvalue weighted by Gasteiger charge is 2.25. The Morgan fingerprint density at radius 1 is 1.42 bits per heavy atom. The minimum atomic E-state index is -0.741. The Kier molecular flexibility index (Phi) is 3.71. The minimum Gasteiger partial charge on any atom is -0.480 e. The molecule has 0 aliphatic heterocycles. The van der Waals surface area contributed by atoms with Gasteiger partial charge in [-0.05, 0) is 25.9 Å². The topological polar surface area (TPSA) is 40.5 Å². The van der Waals surface area contributed by atoms with Gasteiger partial charge < -0.3 is 5.11 Å². The van der Waals surface area contributed by atoms with E-state index in [1.807, 2.05) is 20.8 Å². The van der Waals surface area contributed by atoms with Crippen LogP contribution in [0.25, 0.3) is 0 Å². The number of carboxylic acid groups (broad SMARTS) is 1. The molecule has 0 aromatic rings. The van der Waals surface area contributed by atoms with Gasteiger partial charge in [-0.25, -0.2) is 0 Å². The first-order valence-electron chi connectivity index (χ1n) is 4.13. The number of aliphatic carboxylic acids is 1. The van der Waals surface area contributed by atoms with Gasteiger partial charge in [-0.1, -0.05) is 20.8 Å². The smallest absolute Gasteiger partial charge is 0.320 e. The van der Waals surface area contributed by atoms with E-state index in [-0.39, 0.29) is 11.5 Å². The summed E-state index contributed by atoms with van der Waals surface area (Å²) in [4.78, 5) is 12.5. The third kappa shape index (κ3) is 4.34. The molecule has 0 aromatic heterocycles. The largest absolute Gasteiger partial charge is 0.480 e. The van der Waals surface area contributed by atoms with E-state index in [0.29, 0.717) is 6.42 Å². The maximum Gasteiger partial charge on any atom is 0.320 e. The van der Waals surface area contributed by atoms with Crippen LogP contribution >= 0.6 is 0 Å². The lowest BCUT2D eigenvalue weighted by molar-refractivity contribution is -0.143. The van der Waals surface area contributed by atoms with Gasteiger partial charge in [0.1, 0.15) is 6.04 Å². The summed E-state index contributed by atoms with van der Waals surface area (Å²) >= 11 is 0. The molecule has 0 saturated heterocycles. The van der Waals surface area contributed by atoms with Crippen molar-refractivity contribution in [1.82, 2.24) is 4.90 Å². The molecule has 0 heterocycles. The molecular weight excluding hydrogens is 154 g/mol. The zero-order valence-electron chi connectivity index (χ0n) is 8.59. The second-order valence-corrected chi connectivity index (χ2v) is 4.58. The monoisotopic (exact) mass is 173 g/mol. The van der Waals surface area contributed by atoms with Gasteiger partial charge in [0.25, 0.3) is 0 Å². The van der Waals surface area contributed by atoms with E-state index < -0.39 is 5.97 Å². The van der Waals surface area contributed by atoms with Crippen LogP contribution in [0.15, 0.2) is 0 Å². The highest BCUT2D eigenvalue weighted by molar-refractivity contribution is 5.73. The first-order valence-corrected chi connectivity index (χ1v) is 4.13. The molecule has 0 saturated carbocycles. The molecule has 3 heteroatoms. The lowest BCUT2D eigenvalue weighted by Crippen LogP contribution is -2.38. The predicted molar refractivity (Wildman–Crippen MR) is 49.2 cm³/mol. The van der Waals surface area contributed by atoms with E-state index in [0.717, 1.165) is 0 Å². The van der Waals surface area contributed by atoms with Crippen LogP contribution in [-0.4, -0.2) is 36.1 Å². The van der Waals surface area contributed by atoms with Gasteiger partial charge in [-0.3, -0.25) is 9.69 Å². The maximum absolute atomic E-state index is 10.8. The highest BCUT2D eigenvalue weighted by atomic mass is 16.4. The van der Waals surface area contributed by atoms with Crippen molar-refractivity contribution >= 4 is 5.97 Å². The van der Waals surface area contributed by atoms with Crippen LogP contribution in [0.3, 0.4) is 0 Å². The summed E-state index contributed by atoms with van der Waals surface area (Å²) < 4.78 is 0. The molecular formula is C9H19NO2. The van der Waals surface area contributed by atoms with E-state index >= 15 is 0 Å². The third-order valence-electron chi connectivity index (χ3n) is 1.71. The molecule has 3 nitrogen and oxygen atoms in total. The van der Waals surface area contributed by atoms with Crippen molar-refractivity contribution in [1.29, 1.82) is 0 Å². The maximum atomic E-state index is 10.8. The first kappa shape index (κ1) is 11.4. The second kappa shape index (κ2) is 3.90. The molecule has 0 aromatic carbocycles. The van der Waals surface area contributed by atoms with E-state index in [4.69, 9.17) is 5.11 Å². The summed E-state index contributed by atoms with van der Waals surface area (Å²) in [5.74, 6) is -0.741. The van der Waals surface area contributed by atoms with E-state index in [1.54, 1.807) is 19.0 Å². The SMILES string of the molecule is CN(C)C(CC(C)(C)C)C(=O)O. The zero-order chi connectivity index (χ0) is 9.94. The molecule has 0 amide bonds. The number of likely N-dealkylation sites (N-methyl/N-ethyl adjacent to an activating group) is 1. The molecule has 0 bridgehead atoms. The van der Waals surface area contributed by atoms with Crippen molar-refractivity contribution in [3.8, 4) is 0 Å². The Bertz CT molecular complexity index is 158. The molecule has 0 aliphatic rings. The molecule has 0 radical (unpaired) electrons. The molecule has 72 valence electrons. The van der Waals surface area contributed by atoms with E-state index in [1.165, 1.54) is 0 Å². The van der Waals surface area contributed by atoms with Crippen molar-refractivity contribution in [3.05, 3.63) is 0 Å². The Hall–Kier alpha value is -0.570. The van der Waals surface area contributed by atoms with Crippen LogP contribution < -0.4 is 0 Å². The van der Waals surface area contributed by atoms with Gasteiger partial charge in [0.15, 0.2) is 0 Å². The second-order valence-electron chi connectivity index (χ2n) is 4.58. The predicted octanol–water partition coefficient (Wildman–Crippen LogP) is 1.44. The standard InChI is InChI=1S/C9H19NO2/c1-9(2,3)6-7(8(11)12)10(4)5/h7H,6H2,1-5H3,(H,11,12). The van der Waals surface area contributed by atoms with E-state index in [9.17, 15) is 4.79 Å². The highest BCUT2D eigenvalue weighted by Crippen LogP contribution is 2.22. The van der Waals surface area contributed by atoms with Crippen molar-refractivity contribution in [3.63, 3.8) is 0 Å². The van der Waals surface area contributed by atoms with Crippen LogP contribution in [0, 0.1) is 5.41 Å². The number of rotatable bonds is 3. The zero-order valence-corrected chi connectivity index (χ0v) is 8.59. The number of hydrogen-bond donors (Lipinski definition) is 1. The summed E-state index contributed by atoms with van der Waals surface area (Å²) in [7, 11) is 3.59. The van der Waals surface area contributed by atoms with Crippen molar-refractivity contribution in [2.75, 3.05) is 14.1 Å². The van der Waals surface area contributed by atoms with Gasteiger partial charge in [0.05, 0.1) is 0 Å². The van der Waals surface area contributed by atoms with Crippen LogP contribution in [0.4, 0.5) is 0 Å². The summed E-state index contributed by atoms with van der Waals surface area (Å²) in [6.07, 6.45) is 0.676. The van der Waals surface area contributed by atoms with E-state index in [2.05, 4.69) is 0 Å². The van der Waals surface area contributed by atoms with Crippen LogP contribution in [0.5, 0.6) is 0 Å². The third-order valence-corrected chi connectivity index (χ3v) is 1.71. The lowest BCUT2D eigenvalue weighted by atomic mass is 9.88. The summed E-state index contributed by atoms with van der Waals surface area (Å²) in [5, 5.41) is 8.87. The normalized spacial score (nSPS) is 14.8. The fourth-order valence-electron chi connectivity index (χ4n) is 1.07. The molecule has 1 N–H and O–H groups in total. The minimum absolute atomic E-state index is 0.0628. The fourth-order valence-corrected chi connectivity index (χ4v) is 1.07. The molecule has 0 fully saturated rings.